The average Bonchev–Trinajstić information content (AvgIpc) is 2.62. The first-order valence-electron chi connectivity index (χ1n) is 6.19. The molecule has 2 heterocycles. The number of urea groups is 1. The van der Waals surface area contributed by atoms with Crippen LogP contribution in [0.2, 0.25) is 0 Å². The first-order chi connectivity index (χ1) is 8.16. The van der Waals surface area contributed by atoms with E-state index in [9.17, 15) is 13.6 Å². The highest BCUT2D eigenvalue weighted by Gasteiger charge is 2.31. The topological polar surface area (TPSA) is 35.6 Å². The molecule has 0 aliphatic carbocycles. The number of hydrogen-bond acceptors (Lipinski definition) is 2. The van der Waals surface area contributed by atoms with E-state index in [1.165, 1.54) is 4.90 Å². The molecule has 2 aliphatic rings. The number of amides is 2. The number of nitrogens with one attached hydrogen (secondary N) is 1. The molecule has 0 aromatic rings. The molecule has 2 fully saturated rings. The van der Waals surface area contributed by atoms with Crippen LogP contribution in [0.4, 0.5) is 13.6 Å². The Hall–Kier alpha value is -0.910. The average molecular weight is 247 g/mol. The summed E-state index contributed by atoms with van der Waals surface area (Å²) in [4.78, 5) is 14.8. The van der Waals surface area contributed by atoms with Crippen LogP contribution in [0.5, 0.6) is 0 Å². The van der Waals surface area contributed by atoms with Gasteiger partial charge in [0.25, 0.3) is 6.43 Å². The Kier molecular flexibility index (Phi) is 4.15. The van der Waals surface area contributed by atoms with Crippen molar-refractivity contribution in [2.75, 3.05) is 39.3 Å². The van der Waals surface area contributed by atoms with Crippen molar-refractivity contribution in [2.45, 2.75) is 19.3 Å². The van der Waals surface area contributed by atoms with Crippen LogP contribution in [0.3, 0.4) is 0 Å². The number of alkyl halides is 2. The maximum absolute atomic E-state index is 12.2. The number of piperidine rings is 1. The van der Waals surface area contributed by atoms with E-state index >= 15 is 0 Å². The van der Waals surface area contributed by atoms with E-state index in [1.54, 1.807) is 4.90 Å². The minimum atomic E-state index is -2.43. The van der Waals surface area contributed by atoms with Crippen LogP contribution in [0.1, 0.15) is 12.8 Å². The minimum Gasteiger partial charge on any atom is -0.323 e. The summed E-state index contributed by atoms with van der Waals surface area (Å²) in [6.45, 7) is 3.31. The highest BCUT2D eigenvalue weighted by atomic mass is 19.3. The predicted molar refractivity (Wildman–Crippen MR) is 60.1 cm³/mol. The SMILES string of the molecule is O=C1N(CC(F)F)CCN1CC1CCNCC1. The van der Waals surface area contributed by atoms with Gasteiger partial charge in [-0.2, -0.15) is 0 Å². The van der Waals surface area contributed by atoms with Crippen LogP contribution in [-0.4, -0.2) is 61.5 Å². The van der Waals surface area contributed by atoms with Crippen molar-refractivity contribution in [3.63, 3.8) is 0 Å². The van der Waals surface area contributed by atoms with Crippen LogP contribution in [0.25, 0.3) is 0 Å². The van der Waals surface area contributed by atoms with Crippen LogP contribution in [-0.2, 0) is 0 Å². The molecule has 0 saturated carbocycles. The molecule has 0 spiro atoms. The first-order valence-corrected chi connectivity index (χ1v) is 6.19. The molecule has 4 nitrogen and oxygen atoms in total. The molecule has 2 amide bonds. The van der Waals surface area contributed by atoms with Crippen LogP contribution in [0, 0.1) is 5.92 Å². The van der Waals surface area contributed by atoms with Crippen molar-refractivity contribution in [2.24, 2.45) is 5.92 Å². The number of halogens is 2. The lowest BCUT2D eigenvalue weighted by atomic mass is 9.98. The van der Waals surface area contributed by atoms with E-state index in [0.29, 0.717) is 19.0 Å². The van der Waals surface area contributed by atoms with Gasteiger partial charge in [0.1, 0.15) is 0 Å². The molecule has 2 rings (SSSR count). The van der Waals surface area contributed by atoms with Gasteiger partial charge in [-0.3, -0.25) is 0 Å². The third kappa shape index (κ3) is 3.28. The largest absolute Gasteiger partial charge is 0.323 e. The first kappa shape index (κ1) is 12.5. The van der Waals surface area contributed by atoms with Gasteiger partial charge in [-0.25, -0.2) is 13.6 Å². The van der Waals surface area contributed by atoms with E-state index in [1.807, 2.05) is 0 Å². The van der Waals surface area contributed by atoms with Gasteiger partial charge in [0, 0.05) is 19.6 Å². The zero-order chi connectivity index (χ0) is 12.3. The Morgan fingerprint density at radius 3 is 2.53 bits per heavy atom. The van der Waals surface area contributed by atoms with Gasteiger partial charge in [0.05, 0.1) is 6.54 Å². The predicted octanol–water partition coefficient (Wildman–Crippen LogP) is 0.989. The van der Waals surface area contributed by atoms with Gasteiger partial charge < -0.3 is 15.1 Å². The summed E-state index contributed by atoms with van der Waals surface area (Å²) in [5.41, 5.74) is 0. The lowest BCUT2D eigenvalue weighted by Crippen LogP contribution is -2.39. The van der Waals surface area contributed by atoms with Crippen molar-refractivity contribution < 1.29 is 13.6 Å². The normalized spacial score (nSPS) is 22.9. The van der Waals surface area contributed by atoms with E-state index in [4.69, 9.17) is 0 Å². The quantitative estimate of drug-likeness (QED) is 0.804. The van der Waals surface area contributed by atoms with E-state index in [-0.39, 0.29) is 6.03 Å². The van der Waals surface area contributed by atoms with Crippen molar-refractivity contribution in [1.29, 1.82) is 0 Å². The lowest BCUT2D eigenvalue weighted by molar-refractivity contribution is 0.104. The van der Waals surface area contributed by atoms with Gasteiger partial charge in [-0.05, 0) is 31.8 Å². The third-order valence-electron chi connectivity index (χ3n) is 3.48. The van der Waals surface area contributed by atoms with Gasteiger partial charge in [-0.15, -0.1) is 0 Å². The monoisotopic (exact) mass is 247 g/mol. The van der Waals surface area contributed by atoms with Crippen molar-refractivity contribution in [1.82, 2.24) is 15.1 Å². The number of carbonyl (C=O) groups excluding carboxylic acids is 1. The molecule has 1 N–H and O–H groups in total. The summed E-state index contributed by atoms with van der Waals surface area (Å²) in [5, 5.41) is 3.27. The molecular formula is C11H19F2N3O. The standard InChI is InChI=1S/C11H19F2N3O/c12-10(13)8-16-6-5-15(11(16)17)7-9-1-3-14-4-2-9/h9-10,14H,1-8H2. The van der Waals surface area contributed by atoms with Gasteiger partial charge in [0.2, 0.25) is 0 Å². The zero-order valence-electron chi connectivity index (χ0n) is 9.87. The summed E-state index contributed by atoms with van der Waals surface area (Å²) in [5.74, 6) is 0.520. The van der Waals surface area contributed by atoms with Gasteiger partial charge in [-0.1, -0.05) is 0 Å². The molecule has 0 aromatic heterocycles. The minimum absolute atomic E-state index is 0.219. The second-order valence-corrected chi connectivity index (χ2v) is 4.76. The lowest BCUT2D eigenvalue weighted by Gasteiger charge is -2.27. The summed E-state index contributed by atoms with van der Waals surface area (Å²) in [7, 11) is 0. The molecule has 0 aromatic carbocycles. The zero-order valence-corrected chi connectivity index (χ0v) is 9.87. The molecule has 0 radical (unpaired) electrons. The fraction of sp³-hybridized carbons (Fsp3) is 0.909. The summed E-state index contributed by atoms with van der Waals surface area (Å²) >= 11 is 0. The molecule has 17 heavy (non-hydrogen) atoms. The molecule has 2 saturated heterocycles. The molecular weight excluding hydrogens is 228 g/mol. The van der Waals surface area contributed by atoms with E-state index in [2.05, 4.69) is 5.32 Å². The smallest absolute Gasteiger partial charge is 0.320 e. The maximum atomic E-state index is 12.2. The number of hydrogen-bond donors (Lipinski definition) is 1. The van der Waals surface area contributed by atoms with E-state index in [0.717, 1.165) is 32.5 Å². The van der Waals surface area contributed by atoms with Gasteiger partial charge >= 0.3 is 6.03 Å². The van der Waals surface area contributed by atoms with Crippen molar-refractivity contribution in [3.8, 4) is 0 Å². The van der Waals surface area contributed by atoms with Crippen molar-refractivity contribution >= 4 is 6.03 Å². The fourth-order valence-corrected chi connectivity index (χ4v) is 2.51. The maximum Gasteiger partial charge on any atom is 0.320 e. The Bertz CT molecular complexity index is 269. The molecule has 0 atom stereocenters. The summed E-state index contributed by atoms with van der Waals surface area (Å²) < 4.78 is 24.4. The Morgan fingerprint density at radius 2 is 1.88 bits per heavy atom. The molecule has 0 unspecified atom stereocenters. The molecule has 6 heteroatoms. The number of carbonyl (C=O) groups is 1. The molecule has 98 valence electrons. The van der Waals surface area contributed by atoms with Gasteiger partial charge in [0.15, 0.2) is 0 Å². The second kappa shape index (κ2) is 5.62. The summed E-state index contributed by atoms with van der Waals surface area (Å²) in [6, 6.07) is -0.219. The van der Waals surface area contributed by atoms with Crippen LogP contribution >= 0.6 is 0 Å². The molecule has 0 bridgehead atoms. The third-order valence-corrected chi connectivity index (χ3v) is 3.48. The Labute approximate surface area is 99.9 Å². The number of nitrogens with zero attached hydrogens (tertiary/aromatic N) is 2. The summed E-state index contributed by atoms with van der Waals surface area (Å²) in [6.07, 6.45) is -0.296. The van der Waals surface area contributed by atoms with Crippen molar-refractivity contribution in [3.05, 3.63) is 0 Å². The molecule has 2 aliphatic heterocycles. The van der Waals surface area contributed by atoms with Crippen LogP contribution in [0.15, 0.2) is 0 Å². The Morgan fingerprint density at radius 1 is 1.24 bits per heavy atom. The Balaban J connectivity index is 1.80. The second-order valence-electron chi connectivity index (χ2n) is 4.76. The van der Waals surface area contributed by atoms with Crippen LogP contribution < -0.4 is 5.32 Å². The van der Waals surface area contributed by atoms with E-state index < -0.39 is 13.0 Å². The number of rotatable bonds is 4. The fourth-order valence-electron chi connectivity index (χ4n) is 2.51. The highest BCUT2D eigenvalue weighted by Crippen LogP contribution is 2.17. The highest BCUT2D eigenvalue weighted by molar-refractivity contribution is 5.76.